The fourth-order valence-electron chi connectivity index (χ4n) is 2.64. The fraction of sp³-hybridized carbons (Fsp3) is 0.158. The molecule has 1 aromatic heterocycles. The van der Waals surface area contributed by atoms with E-state index in [1.165, 1.54) is 13.2 Å². The molecule has 0 unspecified atom stereocenters. The molecule has 3 rings (SSSR count). The van der Waals surface area contributed by atoms with Crippen LogP contribution in [-0.4, -0.2) is 36.1 Å². The van der Waals surface area contributed by atoms with Gasteiger partial charge in [0.1, 0.15) is 11.4 Å². The van der Waals surface area contributed by atoms with Crippen LogP contribution in [0.4, 0.5) is 23.0 Å². The molecular formula is C19H19N5O3. The number of nitrogens with one attached hydrogen (secondary N) is 1. The lowest BCUT2D eigenvalue weighted by Crippen LogP contribution is -2.12. The Labute approximate surface area is 156 Å². The molecule has 0 saturated carbocycles. The molecule has 8 heteroatoms. The number of rotatable bonds is 6. The Bertz CT molecular complexity index is 961. The van der Waals surface area contributed by atoms with Crippen molar-refractivity contribution >= 4 is 23.0 Å². The summed E-state index contributed by atoms with van der Waals surface area (Å²) < 4.78 is 5.39. The van der Waals surface area contributed by atoms with E-state index in [0.717, 1.165) is 11.3 Å². The smallest absolute Gasteiger partial charge is 0.294 e. The topological polar surface area (TPSA) is 93.4 Å². The predicted octanol–water partition coefficient (Wildman–Crippen LogP) is 3.87. The van der Waals surface area contributed by atoms with Gasteiger partial charge in [0.2, 0.25) is 5.95 Å². The van der Waals surface area contributed by atoms with Crippen LogP contribution in [0.3, 0.4) is 0 Å². The summed E-state index contributed by atoms with van der Waals surface area (Å²) in [6.07, 6.45) is 1.63. The first kappa shape index (κ1) is 18.1. The van der Waals surface area contributed by atoms with Crippen molar-refractivity contribution in [1.82, 2.24) is 9.97 Å². The Kier molecular flexibility index (Phi) is 5.16. The van der Waals surface area contributed by atoms with Gasteiger partial charge in [-0.1, -0.05) is 30.3 Å². The van der Waals surface area contributed by atoms with Gasteiger partial charge in [-0.05, 0) is 6.07 Å². The van der Waals surface area contributed by atoms with Gasteiger partial charge in [0.05, 0.1) is 23.4 Å². The van der Waals surface area contributed by atoms with Crippen molar-refractivity contribution in [2.45, 2.75) is 0 Å². The lowest BCUT2D eigenvalue weighted by Gasteiger charge is -2.17. The zero-order valence-electron chi connectivity index (χ0n) is 15.2. The number of nitro groups is 1. The van der Waals surface area contributed by atoms with E-state index in [1.54, 1.807) is 37.3 Å². The van der Waals surface area contributed by atoms with Gasteiger partial charge in [0.15, 0.2) is 0 Å². The maximum atomic E-state index is 11.4. The molecule has 0 bridgehead atoms. The maximum absolute atomic E-state index is 11.4. The molecule has 3 aromatic rings. The summed E-state index contributed by atoms with van der Waals surface area (Å²) in [6.45, 7) is 0. The third-order valence-electron chi connectivity index (χ3n) is 3.95. The highest BCUT2D eigenvalue weighted by molar-refractivity contribution is 5.76. The van der Waals surface area contributed by atoms with Crippen molar-refractivity contribution in [2.24, 2.45) is 0 Å². The standard InChI is InChI=1S/C19H19N5O3/c1-23(2)16-12-18(27-3)15(11-17(16)24(25)26)22-19-20-10-9-14(21-19)13-7-5-4-6-8-13/h4-12H,1-3H3,(H,20,21,22). The maximum Gasteiger partial charge on any atom is 0.294 e. The van der Waals surface area contributed by atoms with E-state index in [0.29, 0.717) is 23.1 Å². The first-order chi connectivity index (χ1) is 13.0. The first-order valence-electron chi connectivity index (χ1n) is 8.19. The molecule has 27 heavy (non-hydrogen) atoms. The molecule has 1 N–H and O–H groups in total. The van der Waals surface area contributed by atoms with E-state index < -0.39 is 4.92 Å². The summed E-state index contributed by atoms with van der Waals surface area (Å²) in [5.74, 6) is 0.777. The highest BCUT2D eigenvalue weighted by Crippen LogP contribution is 2.38. The van der Waals surface area contributed by atoms with Crippen molar-refractivity contribution in [3.05, 3.63) is 64.8 Å². The molecule has 0 amide bonds. The van der Waals surface area contributed by atoms with Gasteiger partial charge in [-0.3, -0.25) is 10.1 Å². The zero-order valence-corrected chi connectivity index (χ0v) is 15.2. The van der Waals surface area contributed by atoms with Gasteiger partial charge in [0.25, 0.3) is 5.69 Å². The zero-order chi connectivity index (χ0) is 19.4. The van der Waals surface area contributed by atoms with Crippen LogP contribution in [0.5, 0.6) is 5.75 Å². The van der Waals surface area contributed by atoms with Gasteiger partial charge in [-0.25, -0.2) is 9.97 Å². The van der Waals surface area contributed by atoms with Crippen LogP contribution in [0, 0.1) is 10.1 Å². The number of ether oxygens (including phenoxy) is 1. The van der Waals surface area contributed by atoms with E-state index in [-0.39, 0.29) is 5.69 Å². The molecule has 2 aromatic carbocycles. The average Bonchev–Trinajstić information content (AvgIpc) is 2.68. The van der Waals surface area contributed by atoms with Crippen molar-refractivity contribution in [3.8, 4) is 17.0 Å². The monoisotopic (exact) mass is 365 g/mol. The lowest BCUT2D eigenvalue weighted by molar-refractivity contribution is -0.384. The van der Waals surface area contributed by atoms with Crippen LogP contribution in [0.2, 0.25) is 0 Å². The molecule has 1 heterocycles. The number of benzene rings is 2. The largest absolute Gasteiger partial charge is 0.494 e. The number of methoxy groups -OCH3 is 1. The molecule has 0 aliphatic rings. The Morgan fingerprint density at radius 1 is 1.15 bits per heavy atom. The molecule has 0 atom stereocenters. The Morgan fingerprint density at radius 2 is 1.89 bits per heavy atom. The molecule has 0 aliphatic heterocycles. The molecular weight excluding hydrogens is 346 g/mol. The van der Waals surface area contributed by atoms with E-state index >= 15 is 0 Å². The van der Waals surface area contributed by atoms with Crippen LogP contribution < -0.4 is 15.0 Å². The van der Waals surface area contributed by atoms with E-state index in [9.17, 15) is 10.1 Å². The number of nitrogens with zero attached hydrogens (tertiary/aromatic N) is 4. The molecule has 0 fully saturated rings. The van der Waals surface area contributed by atoms with Crippen LogP contribution in [-0.2, 0) is 0 Å². The molecule has 0 spiro atoms. The van der Waals surface area contributed by atoms with Crippen molar-refractivity contribution in [2.75, 3.05) is 31.4 Å². The Morgan fingerprint density at radius 3 is 2.52 bits per heavy atom. The van der Waals surface area contributed by atoms with Crippen molar-refractivity contribution in [1.29, 1.82) is 0 Å². The fourth-order valence-corrected chi connectivity index (χ4v) is 2.64. The number of nitro benzene ring substituents is 1. The summed E-state index contributed by atoms with van der Waals surface area (Å²) in [5.41, 5.74) is 2.51. The predicted molar refractivity (Wildman–Crippen MR) is 105 cm³/mol. The highest BCUT2D eigenvalue weighted by Gasteiger charge is 2.21. The number of hydrogen-bond donors (Lipinski definition) is 1. The minimum absolute atomic E-state index is 0.0393. The Hall–Kier alpha value is -3.68. The third-order valence-corrected chi connectivity index (χ3v) is 3.95. The summed E-state index contributed by atoms with van der Waals surface area (Å²) >= 11 is 0. The second kappa shape index (κ2) is 7.69. The van der Waals surface area contributed by atoms with Crippen LogP contribution >= 0.6 is 0 Å². The third kappa shape index (κ3) is 3.95. The number of anilines is 3. The van der Waals surface area contributed by atoms with Gasteiger partial charge in [0, 0.05) is 38.0 Å². The highest BCUT2D eigenvalue weighted by atomic mass is 16.6. The Balaban J connectivity index is 2.00. The summed E-state index contributed by atoms with van der Waals surface area (Å²) in [6, 6.07) is 14.5. The number of hydrogen-bond acceptors (Lipinski definition) is 7. The van der Waals surface area contributed by atoms with Crippen LogP contribution in [0.25, 0.3) is 11.3 Å². The average molecular weight is 365 g/mol. The molecule has 0 aliphatic carbocycles. The minimum Gasteiger partial charge on any atom is -0.494 e. The second-order valence-corrected chi connectivity index (χ2v) is 5.95. The van der Waals surface area contributed by atoms with Crippen molar-refractivity contribution in [3.63, 3.8) is 0 Å². The number of aromatic nitrogens is 2. The molecule has 138 valence electrons. The quantitative estimate of drug-likeness (QED) is 0.523. The van der Waals surface area contributed by atoms with Crippen LogP contribution in [0.1, 0.15) is 0 Å². The minimum atomic E-state index is -0.429. The molecule has 0 saturated heterocycles. The van der Waals surface area contributed by atoms with E-state index in [1.807, 2.05) is 30.3 Å². The van der Waals surface area contributed by atoms with Gasteiger partial charge in [-0.2, -0.15) is 0 Å². The van der Waals surface area contributed by atoms with Gasteiger partial charge in [-0.15, -0.1) is 0 Å². The van der Waals surface area contributed by atoms with Gasteiger partial charge >= 0.3 is 0 Å². The normalized spacial score (nSPS) is 10.3. The summed E-state index contributed by atoms with van der Waals surface area (Å²) in [4.78, 5) is 21.4. The van der Waals surface area contributed by atoms with E-state index in [4.69, 9.17) is 4.74 Å². The molecule has 8 nitrogen and oxygen atoms in total. The SMILES string of the molecule is COc1cc(N(C)C)c([N+](=O)[O-])cc1Nc1nccc(-c2ccccc2)n1. The summed E-state index contributed by atoms with van der Waals surface area (Å²) in [5, 5.41) is 14.5. The van der Waals surface area contributed by atoms with Crippen LogP contribution in [0.15, 0.2) is 54.7 Å². The second-order valence-electron chi connectivity index (χ2n) is 5.95. The lowest BCUT2D eigenvalue weighted by atomic mass is 10.1. The van der Waals surface area contributed by atoms with Crippen molar-refractivity contribution < 1.29 is 9.66 Å². The summed E-state index contributed by atoms with van der Waals surface area (Å²) in [7, 11) is 4.98. The first-order valence-corrected chi connectivity index (χ1v) is 8.19. The molecule has 0 radical (unpaired) electrons. The van der Waals surface area contributed by atoms with E-state index in [2.05, 4.69) is 15.3 Å². The van der Waals surface area contributed by atoms with Gasteiger partial charge < -0.3 is 15.0 Å².